The summed E-state index contributed by atoms with van der Waals surface area (Å²) in [6.07, 6.45) is 1.25. The zero-order valence-electron chi connectivity index (χ0n) is 18.4. The fraction of sp³-hybridized carbons (Fsp3) is 0.478. The highest BCUT2D eigenvalue weighted by atomic mass is 35.5. The average Bonchev–Trinajstić information content (AvgIpc) is 3.33. The van der Waals surface area contributed by atoms with E-state index in [1.807, 2.05) is 26.8 Å². The number of para-hydroxylation sites is 1. The predicted molar refractivity (Wildman–Crippen MR) is 122 cm³/mol. The number of hydrogen-bond acceptors (Lipinski definition) is 4. The Bertz CT molecular complexity index is 1070. The maximum absolute atomic E-state index is 13.0. The van der Waals surface area contributed by atoms with Crippen molar-refractivity contribution in [3.05, 3.63) is 35.0 Å². The Morgan fingerprint density at radius 2 is 2.06 bits per heavy atom. The number of nitrogens with zero attached hydrogens (tertiary/aromatic N) is 1. The van der Waals surface area contributed by atoms with Crippen LogP contribution in [0.1, 0.15) is 50.5 Å². The van der Waals surface area contributed by atoms with Gasteiger partial charge < -0.3 is 20.9 Å². The van der Waals surface area contributed by atoms with Crippen LogP contribution < -0.4 is 16.0 Å². The van der Waals surface area contributed by atoms with Crippen LogP contribution in [0.5, 0.6) is 0 Å². The Morgan fingerprint density at radius 3 is 2.66 bits per heavy atom. The van der Waals surface area contributed by atoms with E-state index < -0.39 is 23.9 Å². The molecular formula is C23H28ClN5O3. The van der Waals surface area contributed by atoms with Crippen LogP contribution in [0.3, 0.4) is 0 Å². The van der Waals surface area contributed by atoms with Crippen molar-refractivity contribution in [3.63, 3.8) is 0 Å². The zero-order valence-corrected chi connectivity index (χ0v) is 19.2. The third-order valence-electron chi connectivity index (χ3n) is 5.44. The number of aromatic amines is 1. The van der Waals surface area contributed by atoms with Gasteiger partial charge in [0.2, 0.25) is 11.8 Å². The number of nitriles is 1. The lowest BCUT2D eigenvalue weighted by Crippen LogP contribution is -2.51. The van der Waals surface area contributed by atoms with Gasteiger partial charge in [-0.2, -0.15) is 5.26 Å². The third-order valence-corrected chi connectivity index (χ3v) is 5.76. The van der Waals surface area contributed by atoms with Crippen LogP contribution in [0, 0.1) is 22.7 Å². The Kier molecular flexibility index (Phi) is 7.09. The molecule has 1 aliphatic heterocycles. The summed E-state index contributed by atoms with van der Waals surface area (Å²) >= 11 is 6.19. The van der Waals surface area contributed by atoms with E-state index in [1.165, 1.54) is 0 Å². The maximum atomic E-state index is 13.0. The summed E-state index contributed by atoms with van der Waals surface area (Å²) in [5, 5.41) is 19.0. The summed E-state index contributed by atoms with van der Waals surface area (Å²) in [6.45, 7) is 6.47. The van der Waals surface area contributed by atoms with Crippen LogP contribution in [0.25, 0.3) is 10.9 Å². The molecule has 0 aliphatic carbocycles. The summed E-state index contributed by atoms with van der Waals surface area (Å²) in [5.74, 6) is -1.29. The van der Waals surface area contributed by atoms with E-state index in [0.29, 0.717) is 35.6 Å². The summed E-state index contributed by atoms with van der Waals surface area (Å²) in [6, 6.07) is 7.43. The van der Waals surface area contributed by atoms with Crippen LogP contribution in [-0.4, -0.2) is 41.3 Å². The first-order valence-corrected chi connectivity index (χ1v) is 11.0. The summed E-state index contributed by atoms with van der Waals surface area (Å²) in [7, 11) is 0. The molecule has 9 heteroatoms. The average molecular weight is 458 g/mol. The highest BCUT2D eigenvalue weighted by molar-refractivity contribution is 6.35. The minimum Gasteiger partial charge on any atom is -0.356 e. The second kappa shape index (κ2) is 9.61. The number of halogens is 1. The lowest BCUT2D eigenvalue weighted by atomic mass is 9.87. The third kappa shape index (κ3) is 5.80. The minimum atomic E-state index is -0.849. The number of fused-ring (bicyclic) bond motifs is 1. The molecule has 1 fully saturated rings. The zero-order chi connectivity index (χ0) is 23.5. The van der Waals surface area contributed by atoms with Gasteiger partial charge in [-0.3, -0.25) is 14.4 Å². The quantitative estimate of drug-likeness (QED) is 0.509. The van der Waals surface area contributed by atoms with Gasteiger partial charge >= 0.3 is 0 Å². The van der Waals surface area contributed by atoms with Crippen molar-refractivity contribution in [1.82, 2.24) is 20.9 Å². The summed E-state index contributed by atoms with van der Waals surface area (Å²) in [4.78, 5) is 40.8. The van der Waals surface area contributed by atoms with Crippen molar-refractivity contribution >= 4 is 40.2 Å². The molecule has 32 heavy (non-hydrogen) atoms. The largest absolute Gasteiger partial charge is 0.356 e. The van der Waals surface area contributed by atoms with Crippen molar-refractivity contribution in [2.75, 3.05) is 6.54 Å². The van der Waals surface area contributed by atoms with E-state index in [-0.39, 0.29) is 23.7 Å². The Labute approximate surface area is 192 Å². The number of carbonyl (C=O) groups excluding carboxylic acids is 3. The second-order valence-corrected chi connectivity index (χ2v) is 9.79. The van der Waals surface area contributed by atoms with E-state index >= 15 is 0 Å². The molecule has 1 saturated heterocycles. The Morgan fingerprint density at radius 1 is 1.31 bits per heavy atom. The number of aromatic nitrogens is 1. The van der Waals surface area contributed by atoms with Crippen molar-refractivity contribution in [2.24, 2.45) is 11.3 Å². The van der Waals surface area contributed by atoms with Crippen molar-refractivity contribution in [2.45, 2.75) is 52.1 Å². The van der Waals surface area contributed by atoms with Gasteiger partial charge in [-0.05, 0) is 36.8 Å². The smallest absolute Gasteiger partial charge is 0.268 e. The molecule has 2 aromatic rings. The first kappa shape index (κ1) is 23.6. The summed E-state index contributed by atoms with van der Waals surface area (Å²) in [5.41, 5.74) is 0.682. The maximum Gasteiger partial charge on any atom is 0.268 e. The van der Waals surface area contributed by atoms with Gasteiger partial charge in [0.05, 0.1) is 16.6 Å². The SMILES string of the molecule is CC(C)(C)C[C@H](NC(=O)c1cc2cccc(Cl)c2[nH]1)C(=O)N[C@H](C#N)CC1CCNC1=O. The number of benzene rings is 1. The fourth-order valence-corrected chi connectivity index (χ4v) is 4.10. The molecule has 0 spiro atoms. The number of H-pyrrole nitrogens is 1. The molecule has 3 atom stereocenters. The van der Waals surface area contributed by atoms with E-state index in [9.17, 15) is 19.6 Å². The monoisotopic (exact) mass is 457 g/mol. The molecule has 2 heterocycles. The van der Waals surface area contributed by atoms with E-state index in [0.717, 1.165) is 5.39 Å². The lowest BCUT2D eigenvalue weighted by Gasteiger charge is -2.27. The Balaban J connectivity index is 1.73. The molecule has 1 aliphatic rings. The van der Waals surface area contributed by atoms with Crippen molar-refractivity contribution < 1.29 is 14.4 Å². The molecule has 1 aromatic heterocycles. The van der Waals surface area contributed by atoms with Gasteiger partial charge in [-0.25, -0.2) is 0 Å². The number of hydrogen-bond donors (Lipinski definition) is 4. The first-order chi connectivity index (χ1) is 15.1. The normalized spacial score (nSPS) is 18.0. The number of amides is 3. The van der Waals surface area contributed by atoms with Crippen LogP contribution in [0.2, 0.25) is 5.02 Å². The lowest BCUT2D eigenvalue weighted by molar-refractivity contribution is -0.125. The van der Waals surface area contributed by atoms with Gasteiger partial charge in [0, 0.05) is 17.8 Å². The first-order valence-electron chi connectivity index (χ1n) is 10.6. The molecule has 1 unspecified atom stereocenters. The highest BCUT2D eigenvalue weighted by Gasteiger charge is 2.31. The van der Waals surface area contributed by atoms with Gasteiger partial charge in [0.1, 0.15) is 17.8 Å². The van der Waals surface area contributed by atoms with E-state index in [1.54, 1.807) is 18.2 Å². The van der Waals surface area contributed by atoms with Crippen molar-refractivity contribution in [3.8, 4) is 6.07 Å². The Hall–Kier alpha value is -3.05. The van der Waals surface area contributed by atoms with Crippen LogP contribution in [0.4, 0.5) is 0 Å². The highest BCUT2D eigenvalue weighted by Crippen LogP contribution is 2.25. The van der Waals surface area contributed by atoms with Crippen LogP contribution >= 0.6 is 11.6 Å². The molecule has 3 rings (SSSR count). The molecule has 8 nitrogen and oxygen atoms in total. The van der Waals surface area contributed by atoms with E-state index in [2.05, 4.69) is 27.0 Å². The topological polar surface area (TPSA) is 127 Å². The minimum absolute atomic E-state index is 0.100. The molecule has 170 valence electrons. The molecule has 4 N–H and O–H groups in total. The molecule has 0 saturated carbocycles. The van der Waals surface area contributed by atoms with Crippen LogP contribution in [-0.2, 0) is 9.59 Å². The summed E-state index contributed by atoms with van der Waals surface area (Å²) < 4.78 is 0. The van der Waals surface area contributed by atoms with Gasteiger partial charge in [-0.15, -0.1) is 0 Å². The van der Waals surface area contributed by atoms with Crippen LogP contribution in [0.15, 0.2) is 24.3 Å². The van der Waals surface area contributed by atoms with E-state index in [4.69, 9.17) is 11.6 Å². The second-order valence-electron chi connectivity index (χ2n) is 9.38. The predicted octanol–water partition coefficient (Wildman–Crippen LogP) is 2.89. The molecular weight excluding hydrogens is 430 g/mol. The van der Waals surface area contributed by atoms with Crippen molar-refractivity contribution in [1.29, 1.82) is 5.26 Å². The molecule has 3 amide bonds. The number of carbonyl (C=O) groups is 3. The molecule has 0 bridgehead atoms. The molecule has 0 radical (unpaired) electrons. The fourth-order valence-electron chi connectivity index (χ4n) is 3.87. The van der Waals surface area contributed by atoms with Gasteiger partial charge in [-0.1, -0.05) is 44.5 Å². The number of rotatable bonds is 7. The van der Waals surface area contributed by atoms with Gasteiger partial charge in [0.25, 0.3) is 5.91 Å². The molecule has 1 aromatic carbocycles. The van der Waals surface area contributed by atoms with Gasteiger partial charge in [0.15, 0.2) is 0 Å². The standard InChI is InChI=1S/C23H28ClN5O3/c1-23(2,3)11-18(22(32)27-15(12-25)9-14-7-8-26-20(14)30)29-21(31)17-10-13-5-4-6-16(24)19(13)28-17/h4-6,10,14-15,18,28H,7-9,11H2,1-3H3,(H,26,30)(H,27,32)(H,29,31)/t14?,15-,18-/m0/s1. The number of nitrogens with one attached hydrogen (secondary N) is 4.